The van der Waals surface area contributed by atoms with Crippen molar-refractivity contribution in [1.82, 2.24) is 10.2 Å². The molecule has 0 aliphatic heterocycles. The summed E-state index contributed by atoms with van der Waals surface area (Å²) in [7, 11) is 0. The lowest BCUT2D eigenvalue weighted by molar-refractivity contribution is 0.114. The van der Waals surface area contributed by atoms with E-state index in [1.165, 1.54) is 12.1 Å². The number of nitrogens with one attached hydrogen (secondary N) is 1. The molecule has 1 unspecified atom stereocenters. The molecule has 0 heterocycles. The fraction of sp³-hybridized carbons (Fsp3) is 0.588. The highest BCUT2D eigenvalue weighted by atomic mass is 19.1. The molecule has 2 N–H and O–H groups in total. The molecule has 2 rings (SSSR count). The SMILES string of the molecule is CCN(C(=O)NC1CCC(O)CC1)C(C)c1ccc(F)cc1. The molecule has 1 fully saturated rings. The van der Waals surface area contributed by atoms with Gasteiger partial charge in [0.05, 0.1) is 12.1 Å². The topological polar surface area (TPSA) is 52.6 Å². The van der Waals surface area contributed by atoms with Crippen LogP contribution in [0.5, 0.6) is 0 Å². The number of aliphatic hydroxyl groups is 1. The first-order chi connectivity index (χ1) is 10.5. The molecule has 1 atom stereocenters. The van der Waals surface area contributed by atoms with Gasteiger partial charge < -0.3 is 15.3 Å². The fourth-order valence-corrected chi connectivity index (χ4v) is 2.99. The molecule has 22 heavy (non-hydrogen) atoms. The van der Waals surface area contributed by atoms with Gasteiger partial charge in [0, 0.05) is 12.6 Å². The van der Waals surface area contributed by atoms with E-state index in [-0.39, 0.29) is 30.0 Å². The third kappa shape index (κ3) is 4.19. The van der Waals surface area contributed by atoms with Gasteiger partial charge in [-0.3, -0.25) is 0 Å². The maximum absolute atomic E-state index is 13.0. The van der Waals surface area contributed by atoms with Gasteiger partial charge in [-0.15, -0.1) is 0 Å². The van der Waals surface area contributed by atoms with Crippen LogP contribution in [0.2, 0.25) is 0 Å². The van der Waals surface area contributed by atoms with E-state index in [2.05, 4.69) is 5.32 Å². The molecule has 5 heteroatoms. The summed E-state index contributed by atoms with van der Waals surface area (Å²) in [4.78, 5) is 14.2. The van der Waals surface area contributed by atoms with Crippen LogP contribution in [0.1, 0.15) is 51.1 Å². The summed E-state index contributed by atoms with van der Waals surface area (Å²) in [6.07, 6.45) is 2.88. The maximum Gasteiger partial charge on any atom is 0.318 e. The number of halogens is 1. The monoisotopic (exact) mass is 308 g/mol. The highest BCUT2D eigenvalue weighted by molar-refractivity contribution is 5.75. The molecule has 4 nitrogen and oxygen atoms in total. The van der Waals surface area contributed by atoms with Gasteiger partial charge in [-0.2, -0.15) is 0 Å². The van der Waals surface area contributed by atoms with Crippen molar-refractivity contribution in [2.24, 2.45) is 0 Å². The lowest BCUT2D eigenvalue weighted by Crippen LogP contribution is -2.47. The Hall–Kier alpha value is -1.62. The Labute approximate surface area is 131 Å². The molecular weight excluding hydrogens is 283 g/mol. The maximum atomic E-state index is 13.0. The van der Waals surface area contributed by atoms with Crippen molar-refractivity contribution in [2.45, 2.75) is 57.7 Å². The summed E-state index contributed by atoms with van der Waals surface area (Å²) >= 11 is 0. The lowest BCUT2D eigenvalue weighted by atomic mass is 9.93. The van der Waals surface area contributed by atoms with E-state index in [4.69, 9.17) is 0 Å². The first-order valence-electron chi connectivity index (χ1n) is 8.02. The van der Waals surface area contributed by atoms with Crippen molar-refractivity contribution < 1.29 is 14.3 Å². The highest BCUT2D eigenvalue weighted by Gasteiger charge is 2.25. The average molecular weight is 308 g/mol. The van der Waals surface area contributed by atoms with E-state index in [0.717, 1.165) is 31.2 Å². The van der Waals surface area contributed by atoms with Crippen molar-refractivity contribution >= 4 is 6.03 Å². The third-order valence-electron chi connectivity index (χ3n) is 4.45. The predicted molar refractivity (Wildman–Crippen MR) is 84.0 cm³/mol. The summed E-state index contributed by atoms with van der Waals surface area (Å²) < 4.78 is 13.0. The second-order valence-electron chi connectivity index (χ2n) is 5.97. The van der Waals surface area contributed by atoms with Crippen LogP contribution in [0.3, 0.4) is 0 Å². The highest BCUT2D eigenvalue weighted by Crippen LogP contribution is 2.22. The lowest BCUT2D eigenvalue weighted by Gasteiger charge is -2.32. The average Bonchev–Trinajstić information content (AvgIpc) is 2.51. The molecule has 1 aliphatic carbocycles. The van der Waals surface area contributed by atoms with E-state index in [1.54, 1.807) is 17.0 Å². The summed E-state index contributed by atoms with van der Waals surface area (Å²) in [6, 6.07) is 6.19. The smallest absolute Gasteiger partial charge is 0.318 e. The molecule has 2 amide bonds. The predicted octanol–water partition coefficient (Wildman–Crippen LogP) is 3.22. The zero-order chi connectivity index (χ0) is 16.1. The van der Waals surface area contributed by atoms with Gasteiger partial charge in [-0.05, 0) is 57.2 Å². The molecule has 1 saturated carbocycles. The number of urea groups is 1. The Morgan fingerprint density at radius 1 is 1.32 bits per heavy atom. The molecule has 0 saturated heterocycles. The Balaban J connectivity index is 1.97. The van der Waals surface area contributed by atoms with Crippen LogP contribution in [-0.2, 0) is 0 Å². The van der Waals surface area contributed by atoms with Crippen LogP contribution < -0.4 is 5.32 Å². The standard InChI is InChI=1S/C17H25FN2O2/c1-3-20(12(2)13-4-6-14(18)7-5-13)17(22)19-15-8-10-16(21)11-9-15/h4-7,12,15-16,21H,3,8-11H2,1-2H3,(H,19,22). The first kappa shape index (κ1) is 16.7. The van der Waals surface area contributed by atoms with Gasteiger partial charge in [0.15, 0.2) is 0 Å². The van der Waals surface area contributed by atoms with E-state index in [9.17, 15) is 14.3 Å². The molecule has 0 radical (unpaired) electrons. The van der Waals surface area contributed by atoms with E-state index in [1.807, 2.05) is 13.8 Å². The molecular formula is C17H25FN2O2. The zero-order valence-corrected chi connectivity index (χ0v) is 13.3. The van der Waals surface area contributed by atoms with Gasteiger partial charge in [0.1, 0.15) is 5.82 Å². The molecule has 1 aromatic carbocycles. The van der Waals surface area contributed by atoms with Crippen LogP contribution in [0.15, 0.2) is 24.3 Å². The summed E-state index contributed by atoms with van der Waals surface area (Å²) in [5.41, 5.74) is 0.914. The van der Waals surface area contributed by atoms with Gasteiger partial charge >= 0.3 is 6.03 Å². The van der Waals surface area contributed by atoms with Gasteiger partial charge in [0.25, 0.3) is 0 Å². The number of hydrogen-bond acceptors (Lipinski definition) is 2. The minimum atomic E-state index is -0.274. The number of nitrogens with zero attached hydrogens (tertiary/aromatic N) is 1. The molecule has 0 spiro atoms. The van der Waals surface area contributed by atoms with Crippen molar-refractivity contribution in [1.29, 1.82) is 0 Å². The third-order valence-corrected chi connectivity index (χ3v) is 4.45. The minimum Gasteiger partial charge on any atom is -0.393 e. The zero-order valence-electron chi connectivity index (χ0n) is 13.3. The Morgan fingerprint density at radius 2 is 1.91 bits per heavy atom. The van der Waals surface area contributed by atoms with Crippen LogP contribution in [0.25, 0.3) is 0 Å². The number of amides is 2. The van der Waals surface area contributed by atoms with Crippen molar-refractivity contribution in [3.05, 3.63) is 35.6 Å². The number of carbonyl (C=O) groups is 1. The second kappa shape index (κ2) is 7.58. The normalized spacial score (nSPS) is 22.9. The number of aliphatic hydroxyl groups excluding tert-OH is 1. The largest absolute Gasteiger partial charge is 0.393 e. The van der Waals surface area contributed by atoms with Gasteiger partial charge in [0.2, 0.25) is 0 Å². The number of carbonyl (C=O) groups excluding carboxylic acids is 1. The van der Waals surface area contributed by atoms with Crippen LogP contribution >= 0.6 is 0 Å². The number of rotatable bonds is 4. The molecule has 0 aromatic heterocycles. The van der Waals surface area contributed by atoms with E-state index >= 15 is 0 Å². The van der Waals surface area contributed by atoms with Crippen molar-refractivity contribution in [3.8, 4) is 0 Å². The summed E-state index contributed by atoms with van der Waals surface area (Å²) in [5, 5.41) is 12.6. The Morgan fingerprint density at radius 3 is 2.45 bits per heavy atom. The Kier molecular flexibility index (Phi) is 5.77. The molecule has 0 bridgehead atoms. The minimum absolute atomic E-state index is 0.0966. The summed E-state index contributed by atoms with van der Waals surface area (Å²) in [6.45, 7) is 4.46. The molecule has 1 aliphatic rings. The van der Waals surface area contributed by atoms with Crippen molar-refractivity contribution in [3.63, 3.8) is 0 Å². The fourth-order valence-electron chi connectivity index (χ4n) is 2.99. The van der Waals surface area contributed by atoms with Gasteiger partial charge in [-0.25, -0.2) is 9.18 Å². The number of benzene rings is 1. The molecule has 122 valence electrons. The second-order valence-corrected chi connectivity index (χ2v) is 5.97. The van der Waals surface area contributed by atoms with E-state index in [0.29, 0.717) is 6.54 Å². The van der Waals surface area contributed by atoms with Crippen molar-refractivity contribution in [2.75, 3.05) is 6.54 Å². The van der Waals surface area contributed by atoms with E-state index < -0.39 is 0 Å². The van der Waals surface area contributed by atoms with Crippen LogP contribution in [0.4, 0.5) is 9.18 Å². The summed E-state index contributed by atoms with van der Waals surface area (Å²) in [5.74, 6) is -0.274. The van der Waals surface area contributed by atoms with Gasteiger partial charge in [-0.1, -0.05) is 12.1 Å². The Bertz CT molecular complexity index is 484. The quantitative estimate of drug-likeness (QED) is 0.897. The first-order valence-corrected chi connectivity index (χ1v) is 8.02. The number of hydrogen-bond donors (Lipinski definition) is 2. The molecule has 1 aromatic rings. The van der Waals surface area contributed by atoms with Crippen LogP contribution in [0, 0.1) is 5.82 Å². The van der Waals surface area contributed by atoms with Crippen LogP contribution in [-0.4, -0.2) is 34.7 Å².